The Morgan fingerprint density at radius 1 is 1.11 bits per heavy atom. The van der Waals surface area contributed by atoms with Gasteiger partial charge < -0.3 is 10.8 Å². The van der Waals surface area contributed by atoms with Gasteiger partial charge in [-0.2, -0.15) is 0 Å². The predicted octanol–water partition coefficient (Wildman–Crippen LogP) is 3.40. The van der Waals surface area contributed by atoms with Gasteiger partial charge in [-0.25, -0.2) is 0 Å². The first-order valence-corrected chi connectivity index (χ1v) is 6.15. The molecule has 2 rings (SSSR count). The van der Waals surface area contributed by atoms with Gasteiger partial charge in [0.05, 0.1) is 0 Å². The fourth-order valence-corrected chi connectivity index (χ4v) is 1.27. The fourth-order valence-electron chi connectivity index (χ4n) is 1.15. The molecule has 0 fully saturated rings. The van der Waals surface area contributed by atoms with Gasteiger partial charge in [0.1, 0.15) is 5.75 Å². The zero-order valence-electron chi connectivity index (χ0n) is 10.8. The standard InChI is InChI=1S/C8H9Cl.C6H6O.CH3NO/c1-2-7-3-5-8(9)6-4-7;7-6-4-2-1-3-5-6;2-1-3/h3-6H,2H2,1H3;1-5,7H;1H,(H2,2,3). The van der Waals surface area contributed by atoms with Gasteiger partial charge in [0.15, 0.2) is 0 Å². The van der Waals surface area contributed by atoms with E-state index in [-0.39, 0.29) is 6.41 Å². The van der Waals surface area contributed by atoms with Crippen molar-refractivity contribution in [3.63, 3.8) is 0 Å². The third-order valence-electron chi connectivity index (χ3n) is 2.08. The van der Waals surface area contributed by atoms with Gasteiger partial charge in [0.25, 0.3) is 0 Å². The zero-order valence-corrected chi connectivity index (χ0v) is 11.5. The van der Waals surface area contributed by atoms with Crippen LogP contribution in [0.1, 0.15) is 12.5 Å². The number of benzene rings is 2. The number of rotatable bonds is 1. The molecule has 0 aliphatic carbocycles. The maximum absolute atomic E-state index is 8.63. The van der Waals surface area contributed by atoms with Crippen LogP contribution in [0.2, 0.25) is 5.02 Å². The molecule has 3 nitrogen and oxygen atoms in total. The van der Waals surface area contributed by atoms with Crippen molar-refractivity contribution in [1.82, 2.24) is 0 Å². The van der Waals surface area contributed by atoms with Crippen LogP contribution in [0.3, 0.4) is 0 Å². The third-order valence-corrected chi connectivity index (χ3v) is 2.33. The summed E-state index contributed by atoms with van der Waals surface area (Å²) in [6, 6.07) is 16.6. The number of primary amides is 1. The maximum Gasteiger partial charge on any atom is 0.204 e. The van der Waals surface area contributed by atoms with E-state index in [1.165, 1.54) is 5.56 Å². The molecular weight excluding hydrogens is 262 g/mol. The van der Waals surface area contributed by atoms with Gasteiger partial charge in [-0.15, -0.1) is 0 Å². The lowest BCUT2D eigenvalue weighted by Gasteiger charge is -1.93. The molecule has 0 saturated carbocycles. The van der Waals surface area contributed by atoms with Crippen molar-refractivity contribution in [1.29, 1.82) is 0 Å². The monoisotopic (exact) mass is 279 g/mol. The highest BCUT2D eigenvalue weighted by molar-refractivity contribution is 6.30. The summed E-state index contributed by atoms with van der Waals surface area (Å²) >= 11 is 5.67. The van der Waals surface area contributed by atoms with Crippen LogP contribution in [0.4, 0.5) is 0 Å². The number of aryl methyl sites for hydroxylation is 1. The van der Waals surface area contributed by atoms with Gasteiger partial charge in [0.2, 0.25) is 6.41 Å². The fraction of sp³-hybridized carbons (Fsp3) is 0.133. The Bertz CT molecular complexity index is 443. The van der Waals surface area contributed by atoms with E-state index in [1.807, 2.05) is 30.3 Å². The summed E-state index contributed by atoms with van der Waals surface area (Å²) in [4.78, 5) is 8.58. The molecule has 0 spiro atoms. The Kier molecular flexibility index (Phi) is 9.94. The van der Waals surface area contributed by atoms with Gasteiger partial charge in [-0.3, -0.25) is 4.79 Å². The van der Waals surface area contributed by atoms with Crippen LogP contribution in [-0.2, 0) is 11.2 Å². The van der Waals surface area contributed by atoms with Crippen molar-refractivity contribution in [3.8, 4) is 5.75 Å². The molecule has 0 aromatic heterocycles. The number of halogens is 1. The van der Waals surface area contributed by atoms with Crippen molar-refractivity contribution in [2.45, 2.75) is 13.3 Å². The number of hydrogen-bond acceptors (Lipinski definition) is 2. The number of nitrogens with two attached hydrogens (primary N) is 1. The number of amides is 1. The van der Waals surface area contributed by atoms with E-state index in [9.17, 15) is 0 Å². The summed E-state index contributed by atoms with van der Waals surface area (Å²) in [5.74, 6) is 0.322. The molecule has 0 radical (unpaired) electrons. The minimum absolute atomic E-state index is 0.250. The van der Waals surface area contributed by atoms with E-state index >= 15 is 0 Å². The van der Waals surface area contributed by atoms with E-state index in [0.717, 1.165) is 11.4 Å². The summed E-state index contributed by atoms with van der Waals surface area (Å²) < 4.78 is 0. The lowest BCUT2D eigenvalue weighted by atomic mass is 10.2. The van der Waals surface area contributed by atoms with Crippen molar-refractivity contribution in [3.05, 3.63) is 65.2 Å². The molecule has 2 aromatic rings. The van der Waals surface area contributed by atoms with Crippen LogP contribution in [0.5, 0.6) is 5.75 Å². The van der Waals surface area contributed by atoms with E-state index in [4.69, 9.17) is 21.5 Å². The first-order valence-electron chi connectivity index (χ1n) is 5.77. The first-order chi connectivity index (χ1) is 9.13. The summed E-state index contributed by atoms with van der Waals surface area (Å²) in [5.41, 5.74) is 5.50. The second-order valence-corrected chi connectivity index (χ2v) is 3.89. The van der Waals surface area contributed by atoms with Crippen molar-refractivity contribution in [2.75, 3.05) is 0 Å². The number of aromatic hydroxyl groups is 1. The summed E-state index contributed by atoms with van der Waals surface area (Å²) in [5, 5.41) is 9.44. The number of para-hydroxylation sites is 1. The molecule has 3 N–H and O–H groups in total. The number of phenolic OH excluding ortho intramolecular Hbond substituents is 1. The number of carbonyl (C=O) groups is 1. The van der Waals surface area contributed by atoms with E-state index in [1.54, 1.807) is 24.3 Å². The van der Waals surface area contributed by atoms with Crippen molar-refractivity contribution < 1.29 is 9.90 Å². The second kappa shape index (κ2) is 11.1. The van der Waals surface area contributed by atoms with Gasteiger partial charge in [0, 0.05) is 5.02 Å². The van der Waals surface area contributed by atoms with Crippen LogP contribution < -0.4 is 5.73 Å². The van der Waals surface area contributed by atoms with Crippen molar-refractivity contribution >= 4 is 18.0 Å². The topological polar surface area (TPSA) is 63.3 Å². The molecule has 2 aromatic carbocycles. The molecule has 0 aliphatic rings. The highest BCUT2D eigenvalue weighted by Crippen LogP contribution is 2.09. The number of carbonyl (C=O) groups excluding carboxylic acids is 1. The van der Waals surface area contributed by atoms with E-state index < -0.39 is 0 Å². The number of phenols is 1. The van der Waals surface area contributed by atoms with Gasteiger partial charge in [-0.1, -0.05) is 48.9 Å². The van der Waals surface area contributed by atoms with Crippen LogP contribution in [0, 0.1) is 0 Å². The Morgan fingerprint density at radius 3 is 1.89 bits per heavy atom. The smallest absolute Gasteiger partial charge is 0.204 e. The largest absolute Gasteiger partial charge is 0.508 e. The Labute approximate surface area is 118 Å². The van der Waals surface area contributed by atoms with Crippen LogP contribution in [-0.4, -0.2) is 11.5 Å². The lowest BCUT2D eigenvalue weighted by Crippen LogP contribution is -1.82. The second-order valence-electron chi connectivity index (χ2n) is 3.45. The Hall–Kier alpha value is -2.00. The quantitative estimate of drug-likeness (QED) is 0.786. The number of hydrogen-bond donors (Lipinski definition) is 2. The van der Waals surface area contributed by atoms with E-state index in [0.29, 0.717) is 5.75 Å². The highest BCUT2D eigenvalue weighted by atomic mass is 35.5. The predicted molar refractivity (Wildman–Crippen MR) is 79.2 cm³/mol. The molecule has 4 heteroatoms. The summed E-state index contributed by atoms with van der Waals surface area (Å²) in [6.45, 7) is 2.13. The average Bonchev–Trinajstić information content (AvgIpc) is 2.42. The Balaban J connectivity index is 0.000000289. The zero-order chi connectivity index (χ0) is 14.5. The SMILES string of the molecule is CCc1ccc(Cl)cc1.NC=O.Oc1ccccc1. The molecule has 0 aliphatic heterocycles. The molecule has 19 heavy (non-hydrogen) atoms. The third kappa shape index (κ3) is 9.68. The minimum atomic E-state index is 0.250. The normalized spacial score (nSPS) is 8.32. The average molecular weight is 280 g/mol. The molecule has 0 heterocycles. The molecular formula is C15H18ClNO2. The van der Waals surface area contributed by atoms with Gasteiger partial charge in [-0.05, 0) is 36.2 Å². The first kappa shape index (κ1) is 17.0. The molecule has 0 atom stereocenters. The van der Waals surface area contributed by atoms with Crippen LogP contribution in [0.25, 0.3) is 0 Å². The van der Waals surface area contributed by atoms with E-state index in [2.05, 4.69) is 12.7 Å². The van der Waals surface area contributed by atoms with Gasteiger partial charge >= 0.3 is 0 Å². The maximum atomic E-state index is 8.63. The summed E-state index contributed by atoms with van der Waals surface area (Å²) in [7, 11) is 0. The molecule has 0 unspecified atom stereocenters. The lowest BCUT2D eigenvalue weighted by molar-refractivity contribution is -0.106. The highest BCUT2D eigenvalue weighted by Gasteiger charge is 1.86. The van der Waals surface area contributed by atoms with Crippen LogP contribution >= 0.6 is 11.6 Å². The summed E-state index contributed by atoms with van der Waals surface area (Å²) in [6.07, 6.45) is 1.33. The molecule has 0 bridgehead atoms. The molecule has 102 valence electrons. The van der Waals surface area contributed by atoms with Crippen molar-refractivity contribution in [2.24, 2.45) is 5.73 Å². The minimum Gasteiger partial charge on any atom is -0.508 e. The molecule has 0 saturated heterocycles. The molecule has 1 amide bonds. The Morgan fingerprint density at radius 2 is 1.58 bits per heavy atom. The van der Waals surface area contributed by atoms with Crippen LogP contribution in [0.15, 0.2) is 54.6 Å².